The summed E-state index contributed by atoms with van der Waals surface area (Å²) in [5, 5.41) is 3.44. The Morgan fingerprint density at radius 3 is 2.69 bits per heavy atom. The molecule has 1 unspecified atom stereocenters. The van der Waals surface area contributed by atoms with Gasteiger partial charge < -0.3 is 10.2 Å². The maximum Gasteiger partial charge on any atom is 0.0364 e. The van der Waals surface area contributed by atoms with Gasteiger partial charge in [0.1, 0.15) is 0 Å². The number of nitrogens with zero attached hydrogens (tertiary/aromatic N) is 1. The van der Waals surface area contributed by atoms with E-state index >= 15 is 0 Å². The fourth-order valence-electron chi connectivity index (χ4n) is 2.13. The van der Waals surface area contributed by atoms with Gasteiger partial charge in [0.15, 0.2) is 0 Å². The van der Waals surface area contributed by atoms with Crippen LogP contribution in [0.25, 0.3) is 0 Å². The second-order valence-corrected chi connectivity index (χ2v) is 5.01. The number of nitrogens with one attached hydrogen (secondary N) is 1. The zero-order valence-electron chi connectivity index (χ0n) is 10.5. The number of rotatable bonds is 5. The van der Waals surface area contributed by atoms with E-state index in [-0.39, 0.29) is 0 Å². The molecule has 1 aromatic rings. The van der Waals surface area contributed by atoms with Crippen molar-refractivity contribution in [3.63, 3.8) is 0 Å². The molecule has 0 aromatic heterocycles. The van der Waals surface area contributed by atoms with E-state index in [1.54, 1.807) is 0 Å². The fraction of sp³-hybridized carbons (Fsp3) is 0.571. The Labute approximate surface area is 98.7 Å². The van der Waals surface area contributed by atoms with Crippen LogP contribution in [0.1, 0.15) is 30.9 Å². The molecule has 2 heteroatoms. The average molecular weight is 218 g/mol. The molecular weight excluding hydrogens is 196 g/mol. The molecule has 1 N–H and O–H groups in total. The van der Waals surface area contributed by atoms with E-state index in [1.165, 1.54) is 30.5 Å². The Morgan fingerprint density at radius 1 is 1.38 bits per heavy atom. The Morgan fingerprint density at radius 2 is 2.12 bits per heavy atom. The minimum absolute atomic E-state index is 0.521. The standard InChI is InChI=1S/C14H22N2/c1-15-14(9-11-7-8-11)12-5-4-6-13(10-12)16(2)3/h4-6,10-11,14-15H,7-9H2,1-3H3. The van der Waals surface area contributed by atoms with Crippen molar-refractivity contribution >= 4 is 5.69 Å². The summed E-state index contributed by atoms with van der Waals surface area (Å²) >= 11 is 0. The van der Waals surface area contributed by atoms with Crippen molar-refractivity contribution < 1.29 is 0 Å². The van der Waals surface area contributed by atoms with Crippen molar-refractivity contribution in [2.24, 2.45) is 5.92 Å². The lowest BCUT2D eigenvalue weighted by atomic mass is 10.0. The van der Waals surface area contributed by atoms with E-state index in [1.807, 2.05) is 0 Å². The molecule has 0 aliphatic heterocycles. The molecule has 1 aromatic carbocycles. The Kier molecular flexibility index (Phi) is 3.49. The van der Waals surface area contributed by atoms with Gasteiger partial charge in [0, 0.05) is 25.8 Å². The van der Waals surface area contributed by atoms with Gasteiger partial charge in [-0.15, -0.1) is 0 Å². The van der Waals surface area contributed by atoms with Gasteiger partial charge in [-0.05, 0) is 37.1 Å². The van der Waals surface area contributed by atoms with Crippen LogP contribution >= 0.6 is 0 Å². The summed E-state index contributed by atoms with van der Waals surface area (Å²) in [6, 6.07) is 9.36. The van der Waals surface area contributed by atoms with E-state index in [4.69, 9.17) is 0 Å². The van der Waals surface area contributed by atoms with Crippen LogP contribution in [0.3, 0.4) is 0 Å². The summed E-state index contributed by atoms with van der Waals surface area (Å²) in [4.78, 5) is 2.16. The van der Waals surface area contributed by atoms with Crippen LogP contribution in [0.2, 0.25) is 0 Å². The van der Waals surface area contributed by atoms with Crippen LogP contribution in [0.4, 0.5) is 5.69 Å². The molecule has 16 heavy (non-hydrogen) atoms. The summed E-state index contributed by atoms with van der Waals surface area (Å²) in [7, 11) is 6.25. The summed E-state index contributed by atoms with van der Waals surface area (Å²) in [5.74, 6) is 0.959. The minimum atomic E-state index is 0.521. The second-order valence-electron chi connectivity index (χ2n) is 5.01. The maximum absolute atomic E-state index is 3.44. The molecule has 1 fully saturated rings. The largest absolute Gasteiger partial charge is 0.378 e. The summed E-state index contributed by atoms with van der Waals surface area (Å²) in [6.07, 6.45) is 4.13. The van der Waals surface area contributed by atoms with Crippen molar-refractivity contribution in [1.82, 2.24) is 5.32 Å². The van der Waals surface area contributed by atoms with E-state index in [9.17, 15) is 0 Å². The predicted molar refractivity (Wildman–Crippen MR) is 69.9 cm³/mol. The van der Waals surface area contributed by atoms with Gasteiger partial charge in [-0.25, -0.2) is 0 Å². The number of hydrogen-bond donors (Lipinski definition) is 1. The first-order valence-corrected chi connectivity index (χ1v) is 6.15. The summed E-state index contributed by atoms with van der Waals surface area (Å²) in [6.45, 7) is 0. The zero-order chi connectivity index (χ0) is 11.5. The highest BCUT2D eigenvalue weighted by atomic mass is 15.1. The van der Waals surface area contributed by atoms with Crippen molar-refractivity contribution in [2.45, 2.75) is 25.3 Å². The average Bonchev–Trinajstić information content (AvgIpc) is 3.10. The van der Waals surface area contributed by atoms with Crippen molar-refractivity contribution in [3.05, 3.63) is 29.8 Å². The van der Waals surface area contributed by atoms with Gasteiger partial charge in [-0.1, -0.05) is 25.0 Å². The van der Waals surface area contributed by atoms with Crippen molar-refractivity contribution in [1.29, 1.82) is 0 Å². The molecule has 0 radical (unpaired) electrons. The minimum Gasteiger partial charge on any atom is -0.378 e. The van der Waals surface area contributed by atoms with Gasteiger partial charge in [-0.3, -0.25) is 0 Å². The smallest absolute Gasteiger partial charge is 0.0364 e. The lowest BCUT2D eigenvalue weighted by Gasteiger charge is -2.19. The van der Waals surface area contributed by atoms with Gasteiger partial charge >= 0.3 is 0 Å². The number of hydrogen-bond acceptors (Lipinski definition) is 2. The molecule has 1 aliphatic carbocycles. The molecule has 0 heterocycles. The van der Waals surface area contributed by atoms with Crippen molar-refractivity contribution in [2.75, 3.05) is 26.0 Å². The Bertz CT molecular complexity index is 342. The molecule has 1 saturated carbocycles. The highest BCUT2D eigenvalue weighted by Crippen LogP contribution is 2.37. The van der Waals surface area contributed by atoms with Crippen LogP contribution < -0.4 is 10.2 Å². The third-order valence-electron chi connectivity index (χ3n) is 3.40. The van der Waals surface area contributed by atoms with Gasteiger partial charge in [0.2, 0.25) is 0 Å². The quantitative estimate of drug-likeness (QED) is 0.817. The molecule has 0 saturated heterocycles. The maximum atomic E-state index is 3.44. The van der Waals surface area contributed by atoms with Crippen LogP contribution in [-0.4, -0.2) is 21.1 Å². The highest BCUT2D eigenvalue weighted by molar-refractivity contribution is 5.47. The third kappa shape index (κ3) is 2.76. The molecule has 0 bridgehead atoms. The first kappa shape index (κ1) is 11.5. The van der Waals surface area contributed by atoms with E-state index in [0.29, 0.717) is 6.04 Å². The second kappa shape index (κ2) is 4.88. The highest BCUT2D eigenvalue weighted by Gasteiger charge is 2.25. The topological polar surface area (TPSA) is 15.3 Å². The molecule has 2 nitrogen and oxygen atoms in total. The molecule has 0 spiro atoms. The predicted octanol–water partition coefficient (Wildman–Crippen LogP) is 2.81. The SMILES string of the molecule is CNC(CC1CC1)c1cccc(N(C)C)c1. The van der Waals surface area contributed by atoms with Crippen LogP contribution in [0, 0.1) is 5.92 Å². The van der Waals surface area contributed by atoms with Crippen LogP contribution in [0.15, 0.2) is 24.3 Å². The van der Waals surface area contributed by atoms with E-state index < -0.39 is 0 Å². The van der Waals surface area contributed by atoms with Gasteiger partial charge in [0.05, 0.1) is 0 Å². The lowest BCUT2D eigenvalue weighted by molar-refractivity contribution is 0.514. The first-order valence-electron chi connectivity index (χ1n) is 6.15. The first-order chi connectivity index (χ1) is 7.70. The van der Waals surface area contributed by atoms with Gasteiger partial charge in [-0.2, -0.15) is 0 Å². The van der Waals surface area contributed by atoms with Crippen LogP contribution in [0.5, 0.6) is 0 Å². The van der Waals surface area contributed by atoms with Crippen molar-refractivity contribution in [3.8, 4) is 0 Å². The normalized spacial score (nSPS) is 17.2. The van der Waals surface area contributed by atoms with Gasteiger partial charge in [0.25, 0.3) is 0 Å². The third-order valence-corrected chi connectivity index (χ3v) is 3.40. The Hall–Kier alpha value is -1.02. The zero-order valence-corrected chi connectivity index (χ0v) is 10.5. The molecule has 2 rings (SSSR count). The Balaban J connectivity index is 2.12. The van der Waals surface area contributed by atoms with E-state index in [2.05, 4.69) is 55.6 Å². The van der Waals surface area contributed by atoms with E-state index in [0.717, 1.165) is 5.92 Å². The molecule has 0 amide bonds. The molecule has 88 valence electrons. The summed E-state index contributed by atoms with van der Waals surface area (Å²) < 4.78 is 0. The number of benzene rings is 1. The lowest BCUT2D eigenvalue weighted by Crippen LogP contribution is -2.17. The summed E-state index contributed by atoms with van der Waals surface area (Å²) in [5.41, 5.74) is 2.70. The molecule has 1 aliphatic rings. The monoisotopic (exact) mass is 218 g/mol. The number of anilines is 1. The fourth-order valence-corrected chi connectivity index (χ4v) is 2.13. The molecular formula is C14H22N2. The molecule has 1 atom stereocenters. The van der Waals surface area contributed by atoms with Crippen LogP contribution in [-0.2, 0) is 0 Å².